The van der Waals surface area contributed by atoms with Crippen LogP contribution in [-0.2, 0) is 31.7 Å². The summed E-state index contributed by atoms with van der Waals surface area (Å²) in [5.74, 6) is 2.85. The monoisotopic (exact) mass is 1400 g/mol. The van der Waals surface area contributed by atoms with E-state index in [4.69, 9.17) is 41.3 Å². The Kier molecular flexibility index (Phi) is 24.6. The molecule has 88 heavy (non-hydrogen) atoms. The number of aromatic nitrogens is 8. The van der Waals surface area contributed by atoms with Crippen LogP contribution >= 0.6 is 66.8 Å². The quantitative estimate of drug-likeness (QED) is 0.0399. The fraction of sp³-hybridized carbons (Fsp3) is 0.377. The summed E-state index contributed by atoms with van der Waals surface area (Å²) in [4.78, 5) is 22.0. The van der Waals surface area contributed by atoms with Gasteiger partial charge in [0.25, 0.3) is 0 Å². The zero-order chi connectivity index (χ0) is 64.0. The Morgan fingerprint density at radius 3 is 1.51 bits per heavy atom. The molecule has 0 atom stereocenters. The molecule has 4 aromatic heterocycles. The molecule has 10 rings (SSSR count). The number of aryl methyl sites for hydroxylation is 4. The minimum atomic E-state index is -2.57. The van der Waals surface area contributed by atoms with E-state index in [-0.39, 0.29) is 5.28 Å². The largest absolute Gasteiger partial charge is 0.495 e. The van der Waals surface area contributed by atoms with Gasteiger partial charge in [0.2, 0.25) is 11.2 Å². The Morgan fingerprint density at radius 2 is 1.08 bits per heavy atom. The maximum atomic E-state index is 13.2. The normalized spacial score (nSPS) is 13.2. The first-order valence-electron chi connectivity index (χ1n) is 28.4. The van der Waals surface area contributed by atoms with Crippen LogP contribution in [0.4, 0.5) is 51.7 Å². The average molecular weight is 1410 g/mol. The first kappa shape index (κ1) is 69.1. The van der Waals surface area contributed by atoms with E-state index in [1.807, 2.05) is 98.1 Å². The first-order chi connectivity index (χ1) is 41.9. The van der Waals surface area contributed by atoms with E-state index < -0.39 is 14.3 Å². The second-order valence-corrected chi connectivity index (χ2v) is 30.2. The molecule has 27 heteroatoms. The molecule has 8 aromatic rings. The smallest absolute Gasteiger partial charge is 0.229 e. The van der Waals surface area contributed by atoms with Crippen LogP contribution in [0, 0.1) is 27.7 Å². The SMILES string of the molecule is CCn1cc(-c2cc(N)c(OC)cc2N2CCOCC2)cn1.CCn1cc(-c2cc(Nc3ncc(Br)c(Nc4ccc(C)c(C)c4P(C)(C)=O)n3)c(OC)cc2N2CCOCC2)cn1.CN=P.Cc1ccc(Nc2nc(Cl)ncc2Br)c(P(C)(C)=O)c1C. The van der Waals surface area contributed by atoms with Gasteiger partial charge in [-0.15, -0.1) is 0 Å². The molecule has 0 amide bonds. The van der Waals surface area contributed by atoms with Crippen molar-refractivity contribution in [1.29, 1.82) is 0 Å². The van der Waals surface area contributed by atoms with Crippen molar-refractivity contribution < 1.29 is 28.1 Å². The topological polar surface area (TPSA) is 239 Å². The lowest BCUT2D eigenvalue weighted by Gasteiger charge is -2.31. The van der Waals surface area contributed by atoms with Gasteiger partial charge in [0.1, 0.15) is 37.4 Å². The van der Waals surface area contributed by atoms with Gasteiger partial charge >= 0.3 is 0 Å². The number of nitrogen functional groups attached to an aromatic ring is 1. The summed E-state index contributed by atoms with van der Waals surface area (Å²) in [6.45, 7) is 27.0. The van der Waals surface area contributed by atoms with Gasteiger partial charge in [-0.2, -0.15) is 20.2 Å². The van der Waals surface area contributed by atoms with Crippen molar-refractivity contribution in [3.8, 4) is 33.8 Å². The number of halogens is 3. The molecule has 470 valence electrons. The molecule has 0 saturated carbocycles. The summed E-state index contributed by atoms with van der Waals surface area (Å²) in [6, 6.07) is 16.0. The van der Waals surface area contributed by atoms with Gasteiger partial charge in [-0.1, -0.05) is 12.1 Å². The van der Waals surface area contributed by atoms with Gasteiger partial charge in [-0.25, -0.2) is 9.97 Å². The summed E-state index contributed by atoms with van der Waals surface area (Å²) in [5, 5.41) is 20.7. The molecule has 0 unspecified atom stereocenters. The highest BCUT2D eigenvalue weighted by atomic mass is 79.9. The number of nitrogens with two attached hydrogens (primary N) is 1. The molecule has 5 N–H and O–H groups in total. The second kappa shape index (κ2) is 31.4. The highest BCUT2D eigenvalue weighted by molar-refractivity contribution is 9.11. The summed E-state index contributed by atoms with van der Waals surface area (Å²) in [5.41, 5.74) is 19.6. The number of rotatable bonds is 16. The number of hydrogen-bond acceptors (Lipinski definition) is 19. The van der Waals surface area contributed by atoms with E-state index in [0.717, 1.165) is 136 Å². The Hall–Kier alpha value is -6.41. The molecule has 4 aromatic carbocycles. The number of hydrogen-bond donors (Lipinski definition) is 4. The molecule has 21 nitrogen and oxygen atoms in total. The van der Waals surface area contributed by atoms with E-state index >= 15 is 0 Å². The predicted octanol–water partition coefficient (Wildman–Crippen LogP) is 13.8. The van der Waals surface area contributed by atoms with E-state index in [0.29, 0.717) is 56.9 Å². The molecule has 2 aliphatic heterocycles. The lowest BCUT2D eigenvalue weighted by atomic mass is 10.0. The third kappa shape index (κ3) is 17.5. The summed E-state index contributed by atoms with van der Waals surface area (Å²) in [7, 11) is 2.76. The Morgan fingerprint density at radius 1 is 0.648 bits per heavy atom. The van der Waals surface area contributed by atoms with Crippen LogP contribution in [0.3, 0.4) is 0 Å². The Bertz CT molecular complexity index is 3830. The fourth-order valence-corrected chi connectivity index (χ4v) is 14.2. The fourth-order valence-electron chi connectivity index (χ4n) is 10.1. The van der Waals surface area contributed by atoms with Crippen LogP contribution in [-0.4, -0.2) is 140 Å². The predicted molar refractivity (Wildman–Crippen MR) is 371 cm³/mol. The van der Waals surface area contributed by atoms with Crippen molar-refractivity contribution in [2.24, 2.45) is 4.74 Å². The summed E-state index contributed by atoms with van der Waals surface area (Å²) >= 11 is 12.8. The standard InChI is InChI=1S/C30H37BrN7O3P.C16H22N4O2.C14H16BrClN3OP.CH4NP/c1-7-38-18-21(16-33-38)22-14-25(27(40-4)15-26(22)37-10-12-41-13-11-37)35-30-32-17-23(31)29(36-30)34-24-9-8-19(2)20(3)28(24)42(5,6)39;1-3-20-11-12(10-18-20)13-8-14(17)16(21-2)9-15(13)19-4-6-22-7-5-19;1-8-5-6-11(12(9(8)2)21(3,4)20)18-13-10(15)7-17-14(16)19-13;1-2-3/h8-9,14-18H,7,10-13H2,1-6H3,(H2,32,34,35,36);8-11H,3-7,17H2,1-2H3;5-7H,1-4H3,(H,17,18,19);3H,1H3. The maximum absolute atomic E-state index is 13.2. The zero-order valence-electron chi connectivity index (χ0n) is 52.1. The number of benzene rings is 4. The van der Waals surface area contributed by atoms with Crippen molar-refractivity contribution in [2.45, 2.75) is 54.6 Å². The highest BCUT2D eigenvalue weighted by Gasteiger charge is 2.26. The van der Waals surface area contributed by atoms with Gasteiger partial charge in [0.05, 0.1) is 84.7 Å². The minimum absolute atomic E-state index is 0.155. The first-order valence-corrected chi connectivity index (χ1v) is 36.0. The molecule has 2 fully saturated rings. The van der Waals surface area contributed by atoms with Gasteiger partial charge < -0.3 is 59.6 Å². The van der Waals surface area contributed by atoms with Gasteiger partial charge in [0.15, 0.2) is 0 Å². The van der Waals surface area contributed by atoms with Gasteiger partial charge in [-0.3, -0.25) is 14.1 Å². The van der Waals surface area contributed by atoms with Crippen molar-refractivity contribution in [2.75, 3.05) is 132 Å². The van der Waals surface area contributed by atoms with Crippen LogP contribution in [0.25, 0.3) is 22.3 Å². The minimum Gasteiger partial charge on any atom is -0.495 e. The molecule has 2 saturated heterocycles. The van der Waals surface area contributed by atoms with Crippen molar-refractivity contribution in [3.63, 3.8) is 0 Å². The number of nitrogens with one attached hydrogen (secondary N) is 3. The van der Waals surface area contributed by atoms with E-state index in [2.05, 4.69) is 123 Å². The van der Waals surface area contributed by atoms with E-state index in [1.54, 1.807) is 60.3 Å². The van der Waals surface area contributed by atoms with Crippen molar-refractivity contribution >= 4 is 129 Å². The lowest BCUT2D eigenvalue weighted by Crippen LogP contribution is -2.36. The summed E-state index contributed by atoms with van der Waals surface area (Å²) in [6.07, 6.45) is 11.1. The van der Waals surface area contributed by atoms with Crippen LogP contribution < -0.4 is 51.6 Å². The average Bonchev–Trinajstić information content (AvgIpc) is 1.82. The van der Waals surface area contributed by atoms with Crippen LogP contribution in [0.1, 0.15) is 36.1 Å². The van der Waals surface area contributed by atoms with Crippen molar-refractivity contribution in [3.05, 3.63) is 122 Å². The molecule has 0 spiro atoms. The zero-order valence-corrected chi connectivity index (χ0v) is 58.8. The van der Waals surface area contributed by atoms with Gasteiger partial charge in [-0.05, 0) is 167 Å². The van der Waals surface area contributed by atoms with Crippen LogP contribution in [0.5, 0.6) is 11.5 Å². The van der Waals surface area contributed by atoms with E-state index in [9.17, 15) is 9.13 Å². The van der Waals surface area contributed by atoms with E-state index in [1.165, 1.54) is 0 Å². The number of ether oxygens (including phenoxy) is 4. The molecular formula is C61H79Br2ClN15O6P3. The lowest BCUT2D eigenvalue weighted by molar-refractivity contribution is 0.122. The van der Waals surface area contributed by atoms with Crippen LogP contribution in [0.2, 0.25) is 5.28 Å². The number of methoxy groups -OCH3 is 2. The molecular weight excluding hydrogens is 1330 g/mol. The van der Waals surface area contributed by atoms with Gasteiger partial charge in [0, 0.05) is 127 Å². The molecule has 2 aliphatic rings. The molecule has 0 aliphatic carbocycles. The Labute approximate surface area is 540 Å². The third-order valence-electron chi connectivity index (χ3n) is 14.6. The molecule has 0 radical (unpaired) electrons. The number of morpholine rings is 2. The number of anilines is 9. The number of nitrogens with zero attached hydrogens (tertiary/aromatic N) is 11. The van der Waals surface area contributed by atoms with Crippen LogP contribution in [0.15, 0.2) is 99.4 Å². The molecule has 6 heterocycles. The Balaban J connectivity index is 0.000000202. The maximum Gasteiger partial charge on any atom is 0.229 e. The second-order valence-electron chi connectivity index (χ2n) is 21.4. The molecule has 0 bridgehead atoms. The highest BCUT2D eigenvalue weighted by Crippen LogP contribution is 2.45. The third-order valence-corrected chi connectivity index (χ3v) is 19.2. The van der Waals surface area contributed by atoms with Crippen molar-refractivity contribution in [1.82, 2.24) is 39.5 Å². The summed E-state index contributed by atoms with van der Waals surface area (Å²) < 4.78 is 56.7.